The predicted octanol–water partition coefficient (Wildman–Crippen LogP) is 4.59. The molecule has 1 heterocycles. The van der Waals surface area contributed by atoms with Crippen molar-refractivity contribution in [2.45, 2.75) is 33.3 Å². The number of hydrogen-bond acceptors (Lipinski definition) is 4. The van der Waals surface area contributed by atoms with E-state index in [0.29, 0.717) is 11.4 Å². The maximum atomic E-state index is 12.9. The van der Waals surface area contributed by atoms with Gasteiger partial charge in [-0.15, -0.1) is 3.89 Å². The number of benzene rings is 1. The average molecular weight is 323 g/mol. The SMILES string of the molecule is Cc1ncn(SF)c1-c1ccc(NC(=O)OC(C)(C)C)cc1. The highest BCUT2D eigenvalue weighted by Crippen LogP contribution is 2.28. The molecule has 0 unspecified atom stereocenters. The molecule has 2 aromatic rings. The van der Waals surface area contributed by atoms with E-state index in [9.17, 15) is 8.68 Å². The monoisotopic (exact) mass is 323 g/mol. The van der Waals surface area contributed by atoms with Crippen molar-refractivity contribution in [1.82, 2.24) is 8.96 Å². The second-order valence-corrected chi connectivity index (χ2v) is 6.31. The zero-order chi connectivity index (χ0) is 16.3. The lowest BCUT2D eigenvalue weighted by Gasteiger charge is -2.19. The maximum Gasteiger partial charge on any atom is 0.412 e. The van der Waals surface area contributed by atoms with Gasteiger partial charge < -0.3 is 4.74 Å². The van der Waals surface area contributed by atoms with E-state index in [4.69, 9.17) is 4.74 Å². The Morgan fingerprint density at radius 2 is 1.95 bits per heavy atom. The Kier molecular flexibility index (Phi) is 4.75. The van der Waals surface area contributed by atoms with E-state index >= 15 is 0 Å². The Morgan fingerprint density at radius 3 is 2.50 bits per heavy atom. The van der Waals surface area contributed by atoms with Crippen molar-refractivity contribution in [3.63, 3.8) is 0 Å². The summed E-state index contributed by atoms with van der Waals surface area (Å²) in [6.07, 6.45) is 0.920. The minimum Gasteiger partial charge on any atom is -0.444 e. The molecule has 0 saturated carbocycles. The topological polar surface area (TPSA) is 56.2 Å². The van der Waals surface area contributed by atoms with Crippen molar-refractivity contribution in [2.24, 2.45) is 0 Å². The minimum absolute atomic E-state index is 0.0967. The molecular formula is C15H18FN3O2S. The summed E-state index contributed by atoms with van der Waals surface area (Å²) in [6, 6.07) is 7.06. The Balaban J connectivity index is 2.14. The Hall–Kier alpha value is -2.02. The van der Waals surface area contributed by atoms with E-state index in [1.54, 1.807) is 45.0 Å². The summed E-state index contributed by atoms with van der Waals surface area (Å²) in [5, 5.41) is 2.65. The number of aromatic nitrogens is 2. The molecule has 118 valence electrons. The van der Waals surface area contributed by atoms with Gasteiger partial charge in [0.05, 0.1) is 11.4 Å². The lowest BCUT2D eigenvalue weighted by Crippen LogP contribution is -2.27. The highest BCUT2D eigenvalue weighted by Gasteiger charge is 2.16. The quantitative estimate of drug-likeness (QED) is 0.898. The smallest absolute Gasteiger partial charge is 0.412 e. The van der Waals surface area contributed by atoms with Gasteiger partial charge in [0.15, 0.2) is 12.3 Å². The van der Waals surface area contributed by atoms with E-state index in [1.165, 1.54) is 10.3 Å². The second kappa shape index (κ2) is 6.39. The molecular weight excluding hydrogens is 305 g/mol. The van der Waals surface area contributed by atoms with Crippen LogP contribution in [0.25, 0.3) is 11.3 Å². The number of carbonyl (C=O) groups is 1. The van der Waals surface area contributed by atoms with Gasteiger partial charge >= 0.3 is 6.09 Å². The Bertz CT molecular complexity index is 662. The fourth-order valence-electron chi connectivity index (χ4n) is 1.94. The lowest BCUT2D eigenvalue weighted by atomic mass is 10.1. The third-order valence-corrected chi connectivity index (χ3v) is 3.22. The number of halogens is 1. The number of carbonyl (C=O) groups excluding carboxylic acids is 1. The van der Waals surface area contributed by atoms with Gasteiger partial charge in [-0.25, -0.2) is 13.8 Å². The zero-order valence-electron chi connectivity index (χ0n) is 12.9. The molecule has 1 aromatic carbocycles. The van der Waals surface area contributed by atoms with Crippen molar-refractivity contribution >= 4 is 24.1 Å². The summed E-state index contributed by atoms with van der Waals surface area (Å²) in [5.41, 5.74) is 2.30. The number of hydrogen-bond donors (Lipinski definition) is 1. The molecule has 2 rings (SSSR count). The van der Waals surface area contributed by atoms with Crippen LogP contribution in [0.4, 0.5) is 14.4 Å². The molecule has 0 bridgehead atoms. The number of nitrogens with one attached hydrogen (secondary N) is 1. The molecule has 5 nitrogen and oxygen atoms in total. The first-order valence-electron chi connectivity index (χ1n) is 6.73. The van der Waals surface area contributed by atoms with E-state index in [-0.39, 0.29) is 12.3 Å². The molecule has 0 aliphatic heterocycles. The first kappa shape index (κ1) is 16.4. The molecule has 0 spiro atoms. The predicted molar refractivity (Wildman–Crippen MR) is 86.4 cm³/mol. The van der Waals surface area contributed by atoms with E-state index in [0.717, 1.165) is 11.3 Å². The molecule has 0 atom stereocenters. The van der Waals surface area contributed by atoms with E-state index in [1.807, 2.05) is 6.92 Å². The fourth-order valence-corrected chi connectivity index (χ4v) is 2.33. The summed E-state index contributed by atoms with van der Waals surface area (Å²) in [7, 11) is 0. The first-order chi connectivity index (χ1) is 10.3. The number of amides is 1. The second-order valence-electron chi connectivity index (χ2n) is 5.78. The number of anilines is 1. The molecule has 0 aliphatic carbocycles. The standard InChI is InChI=1S/C15H18FN3O2S/c1-10-13(19(22-16)9-17-10)11-5-7-12(8-6-11)18-14(20)21-15(2,3)4/h5-9H,1-4H3,(H,18,20). The van der Waals surface area contributed by atoms with Crippen LogP contribution >= 0.6 is 12.3 Å². The zero-order valence-corrected chi connectivity index (χ0v) is 13.7. The fraction of sp³-hybridized carbons (Fsp3) is 0.333. The van der Waals surface area contributed by atoms with Gasteiger partial charge in [-0.2, -0.15) is 0 Å². The summed E-state index contributed by atoms with van der Waals surface area (Å²) in [6.45, 7) is 7.21. The van der Waals surface area contributed by atoms with Crippen LogP contribution in [0, 0.1) is 6.92 Å². The molecule has 7 heteroatoms. The number of imidazole rings is 1. The van der Waals surface area contributed by atoms with Gasteiger partial charge in [0.2, 0.25) is 0 Å². The Morgan fingerprint density at radius 1 is 1.32 bits per heavy atom. The average Bonchev–Trinajstić information content (AvgIpc) is 2.78. The van der Waals surface area contributed by atoms with Crippen molar-refractivity contribution in [3.8, 4) is 11.3 Å². The van der Waals surface area contributed by atoms with Crippen molar-refractivity contribution in [3.05, 3.63) is 36.3 Å². The van der Waals surface area contributed by atoms with E-state index < -0.39 is 11.7 Å². The number of aryl methyl sites for hydroxylation is 1. The lowest BCUT2D eigenvalue weighted by molar-refractivity contribution is 0.0636. The summed E-state index contributed by atoms with van der Waals surface area (Å²) in [5.74, 6) is 0. The van der Waals surface area contributed by atoms with Gasteiger partial charge in [0.25, 0.3) is 0 Å². The van der Waals surface area contributed by atoms with Crippen molar-refractivity contribution in [2.75, 3.05) is 5.32 Å². The van der Waals surface area contributed by atoms with Crippen LogP contribution in [0.3, 0.4) is 0 Å². The third kappa shape index (κ3) is 4.00. The minimum atomic E-state index is -0.550. The molecule has 0 fully saturated rings. The third-order valence-electron chi connectivity index (χ3n) is 2.80. The van der Waals surface area contributed by atoms with Gasteiger partial charge in [0.1, 0.15) is 11.9 Å². The van der Waals surface area contributed by atoms with Crippen LogP contribution in [0.1, 0.15) is 26.5 Å². The van der Waals surface area contributed by atoms with Crippen LogP contribution in [0.5, 0.6) is 0 Å². The van der Waals surface area contributed by atoms with Gasteiger partial charge in [0, 0.05) is 11.3 Å². The Labute approximate surface area is 133 Å². The summed E-state index contributed by atoms with van der Waals surface area (Å²) < 4.78 is 19.4. The molecule has 0 radical (unpaired) electrons. The summed E-state index contributed by atoms with van der Waals surface area (Å²) in [4.78, 5) is 15.8. The molecule has 1 amide bonds. The van der Waals surface area contributed by atoms with E-state index in [2.05, 4.69) is 10.3 Å². The number of ether oxygens (including phenoxy) is 1. The normalized spacial score (nSPS) is 11.3. The highest BCUT2D eigenvalue weighted by molar-refractivity contribution is 7.92. The molecule has 22 heavy (non-hydrogen) atoms. The van der Waals surface area contributed by atoms with Crippen LogP contribution in [0.15, 0.2) is 30.6 Å². The number of nitrogens with zero attached hydrogens (tertiary/aromatic N) is 2. The van der Waals surface area contributed by atoms with Gasteiger partial charge in [-0.1, -0.05) is 12.1 Å². The highest BCUT2D eigenvalue weighted by atomic mass is 32.2. The van der Waals surface area contributed by atoms with Crippen LogP contribution in [-0.2, 0) is 4.74 Å². The molecule has 1 N–H and O–H groups in total. The van der Waals surface area contributed by atoms with Gasteiger partial charge in [-0.3, -0.25) is 5.32 Å². The van der Waals surface area contributed by atoms with Crippen molar-refractivity contribution < 1.29 is 13.4 Å². The van der Waals surface area contributed by atoms with Gasteiger partial charge in [-0.05, 0) is 39.8 Å². The van der Waals surface area contributed by atoms with Crippen LogP contribution in [-0.4, -0.2) is 20.7 Å². The molecule has 1 aromatic heterocycles. The molecule has 0 aliphatic rings. The van der Waals surface area contributed by atoms with Crippen LogP contribution in [0.2, 0.25) is 0 Å². The first-order valence-corrected chi connectivity index (χ1v) is 7.41. The molecule has 0 saturated heterocycles. The van der Waals surface area contributed by atoms with Crippen LogP contribution < -0.4 is 5.32 Å². The number of rotatable bonds is 3. The maximum absolute atomic E-state index is 12.9. The van der Waals surface area contributed by atoms with Crippen molar-refractivity contribution in [1.29, 1.82) is 0 Å². The summed E-state index contributed by atoms with van der Waals surface area (Å²) >= 11 is 0.0967. The largest absolute Gasteiger partial charge is 0.444 e.